The predicted molar refractivity (Wildman–Crippen MR) is 98.2 cm³/mol. The van der Waals surface area contributed by atoms with Crippen molar-refractivity contribution in [1.82, 2.24) is 14.1 Å². The lowest BCUT2D eigenvalue weighted by molar-refractivity contribution is 0.305. The third kappa shape index (κ3) is 2.97. The van der Waals surface area contributed by atoms with Crippen molar-refractivity contribution in [3.8, 4) is 17.4 Å². The molecule has 1 aliphatic rings. The summed E-state index contributed by atoms with van der Waals surface area (Å²) < 4.78 is 8.51. The Labute approximate surface area is 155 Å². The molecule has 1 aliphatic heterocycles. The third-order valence-corrected chi connectivity index (χ3v) is 4.83. The van der Waals surface area contributed by atoms with Crippen molar-refractivity contribution in [3.05, 3.63) is 69.4 Å². The summed E-state index contributed by atoms with van der Waals surface area (Å²) in [5.74, 6) is 0.651. The fourth-order valence-corrected chi connectivity index (χ4v) is 3.40. The molecule has 0 aliphatic carbocycles. The summed E-state index contributed by atoms with van der Waals surface area (Å²) in [5.41, 5.74) is 1.38. The molecule has 0 amide bonds. The van der Waals surface area contributed by atoms with Crippen molar-refractivity contribution in [3.63, 3.8) is 0 Å². The predicted octanol–water partition coefficient (Wildman–Crippen LogP) is 3.31. The van der Waals surface area contributed by atoms with E-state index < -0.39 is 0 Å². The van der Waals surface area contributed by atoms with Crippen molar-refractivity contribution in [1.29, 1.82) is 0 Å². The minimum atomic E-state index is -0.293. The number of imidazole rings is 1. The number of benzene rings is 1. The average Bonchev–Trinajstić information content (AvgIpc) is 2.93. The zero-order valence-electron chi connectivity index (χ0n) is 14.1. The first-order valence-corrected chi connectivity index (χ1v) is 8.89. The molecule has 0 saturated carbocycles. The van der Waals surface area contributed by atoms with Crippen LogP contribution in [0.15, 0.2) is 47.4 Å². The SMILES string of the molecule is O=c1n2c(c(O)n1-c1cc(Cl)c(OCc3ccccc3)cn1)CCCC2. The minimum Gasteiger partial charge on any atom is -0.493 e. The molecule has 0 saturated heterocycles. The van der Waals surface area contributed by atoms with Gasteiger partial charge in [0.2, 0.25) is 5.88 Å². The first-order chi connectivity index (χ1) is 12.6. The molecule has 6 nitrogen and oxygen atoms in total. The van der Waals surface area contributed by atoms with Crippen LogP contribution < -0.4 is 10.4 Å². The molecule has 134 valence electrons. The zero-order valence-corrected chi connectivity index (χ0v) is 14.8. The van der Waals surface area contributed by atoms with E-state index in [0.29, 0.717) is 36.0 Å². The zero-order chi connectivity index (χ0) is 18.1. The molecule has 0 fully saturated rings. The Kier molecular flexibility index (Phi) is 4.42. The van der Waals surface area contributed by atoms with Gasteiger partial charge in [0, 0.05) is 12.6 Å². The molecule has 0 bridgehead atoms. The summed E-state index contributed by atoms with van der Waals surface area (Å²) in [5, 5.41) is 10.8. The lowest BCUT2D eigenvalue weighted by atomic mass is 10.1. The second kappa shape index (κ2) is 6.88. The van der Waals surface area contributed by atoms with Gasteiger partial charge in [0.25, 0.3) is 0 Å². The van der Waals surface area contributed by atoms with Crippen molar-refractivity contribution in [2.45, 2.75) is 32.4 Å². The highest BCUT2D eigenvalue weighted by Crippen LogP contribution is 2.29. The third-order valence-electron chi connectivity index (χ3n) is 4.53. The van der Waals surface area contributed by atoms with E-state index in [1.165, 1.54) is 16.8 Å². The van der Waals surface area contributed by atoms with Gasteiger partial charge >= 0.3 is 5.69 Å². The monoisotopic (exact) mass is 371 g/mol. The fraction of sp³-hybridized carbons (Fsp3) is 0.263. The number of aromatic nitrogens is 3. The van der Waals surface area contributed by atoms with Gasteiger partial charge in [0.1, 0.15) is 12.4 Å². The Morgan fingerprint density at radius 3 is 2.77 bits per heavy atom. The van der Waals surface area contributed by atoms with Gasteiger partial charge in [-0.1, -0.05) is 41.9 Å². The summed E-state index contributed by atoms with van der Waals surface area (Å²) >= 11 is 6.31. The maximum atomic E-state index is 12.6. The van der Waals surface area contributed by atoms with Crippen molar-refractivity contribution in [2.75, 3.05) is 0 Å². The van der Waals surface area contributed by atoms with Crippen LogP contribution in [0.25, 0.3) is 5.82 Å². The maximum Gasteiger partial charge on any atom is 0.337 e. The average molecular weight is 372 g/mol. The maximum absolute atomic E-state index is 12.6. The van der Waals surface area contributed by atoms with E-state index in [-0.39, 0.29) is 17.4 Å². The Morgan fingerprint density at radius 1 is 1.23 bits per heavy atom. The number of pyridine rings is 1. The highest BCUT2D eigenvalue weighted by Gasteiger charge is 2.23. The lowest BCUT2D eigenvalue weighted by Gasteiger charge is -2.11. The first-order valence-electron chi connectivity index (χ1n) is 8.51. The van der Waals surface area contributed by atoms with Gasteiger partial charge in [-0.2, -0.15) is 0 Å². The van der Waals surface area contributed by atoms with E-state index in [9.17, 15) is 9.90 Å². The molecule has 7 heteroatoms. The molecule has 3 heterocycles. The van der Waals surface area contributed by atoms with E-state index in [4.69, 9.17) is 16.3 Å². The van der Waals surface area contributed by atoms with Gasteiger partial charge < -0.3 is 9.84 Å². The second-order valence-corrected chi connectivity index (χ2v) is 6.65. The van der Waals surface area contributed by atoms with E-state index >= 15 is 0 Å². The summed E-state index contributed by atoms with van der Waals surface area (Å²) in [4.78, 5) is 16.9. The molecular formula is C19H18ClN3O3. The summed E-state index contributed by atoms with van der Waals surface area (Å²) in [6.45, 7) is 0.980. The van der Waals surface area contributed by atoms with Crippen LogP contribution in [-0.4, -0.2) is 19.2 Å². The van der Waals surface area contributed by atoms with Crippen molar-refractivity contribution in [2.24, 2.45) is 0 Å². The highest BCUT2D eigenvalue weighted by atomic mass is 35.5. The van der Waals surface area contributed by atoms with Crippen LogP contribution in [0.2, 0.25) is 5.02 Å². The van der Waals surface area contributed by atoms with Gasteiger partial charge in [-0.25, -0.2) is 14.3 Å². The van der Waals surface area contributed by atoms with Gasteiger partial charge in [0.15, 0.2) is 5.75 Å². The number of rotatable bonds is 4. The molecular weight excluding hydrogens is 354 g/mol. The fourth-order valence-electron chi connectivity index (χ4n) is 3.19. The normalized spacial score (nSPS) is 13.4. The van der Waals surface area contributed by atoms with Crippen molar-refractivity contribution < 1.29 is 9.84 Å². The Morgan fingerprint density at radius 2 is 2.04 bits per heavy atom. The number of hydrogen-bond donors (Lipinski definition) is 1. The van der Waals surface area contributed by atoms with E-state index in [0.717, 1.165) is 18.4 Å². The van der Waals surface area contributed by atoms with E-state index in [2.05, 4.69) is 4.98 Å². The lowest BCUT2D eigenvalue weighted by Crippen LogP contribution is -2.26. The van der Waals surface area contributed by atoms with Gasteiger partial charge in [-0.15, -0.1) is 0 Å². The van der Waals surface area contributed by atoms with Crippen LogP contribution in [0.5, 0.6) is 11.6 Å². The molecule has 1 aromatic carbocycles. The highest BCUT2D eigenvalue weighted by molar-refractivity contribution is 6.32. The Balaban J connectivity index is 1.62. The number of ether oxygens (including phenoxy) is 1. The molecule has 4 rings (SSSR count). The first kappa shape index (κ1) is 16.7. The molecule has 0 radical (unpaired) electrons. The summed E-state index contributed by atoms with van der Waals surface area (Å²) in [6, 6.07) is 11.3. The molecule has 2 aromatic heterocycles. The molecule has 3 aromatic rings. The molecule has 26 heavy (non-hydrogen) atoms. The van der Waals surface area contributed by atoms with Crippen LogP contribution in [-0.2, 0) is 19.6 Å². The number of aromatic hydroxyl groups is 1. The van der Waals surface area contributed by atoms with E-state index in [1.54, 1.807) is 4.57 Å². The largest absolute Gasteiger partial charge is 0.493 e. The molecule has 0 unspecified atom stereocenters. The van der Waals surface area contributed by atoms with Crippen LogP contribution in [0.1, 0.15) is 24.1 Å². The molecule has 0 atom stereocenters. The van der Waals surface area contributed by atoms with Crippen LogP contribution in [0.3, 0.4) is 0 Å². The van der Waals surface area contributed by atoms with Crippen LogP contribution in [0.4, 0.5) is 0 Å². The molecule has 1 N–H and O–H groups in total. The standard InChI is InChI=1S/C19H18ClN3O3/c20-14-10-17(21-11-16(14)26-12-13-6-2-1-3-7-13)23-18(24)15-8-4-5-9-22(15)19(23)25/h1-3,6-7,10-11,24H,4-5,8-9,12H2. The van der Waals surface area contributed by atoms with Crippen LogP contribution >= 0.6 is 11.6 Å². The quantitative estimate of drug-likeness (QED) is 0.764. The number of halogens is 1. The molecule has 0 spiro atoms. The van der Waals surface area contributed by atoms with E-state index in [1.807, 2.05) is 30.3 Å². The van der Waals surface area contributed by atoms with Gasteiger partial charge in [-0.05, 0) is 24.8 Å². The summed E-state index contributed by atoms with van der Waals surface area (Å²) in [6.07, 6.45) is 4.04. The van der Waals surface area contributed by atoms with Gasteiger partial charge in [0.05, 0.1) is 16.9 Å². The van der Waals surface area contributed by atoms with Gasteiger partial charge in [-0.3, -0.25) is 4.57 Å². The summed E-state index contributed by atoms with van der Waals surface area (Å²) in [7, 11) is 0. The Hall–Kier alpha value is -2.73. The second-order valence-electron chi connectivity index (χ2n) is 6.24. The topological polar surface area (TPSA) is 69.3 Å². The van der Waals surface area contributed by atoms with Crippen LogP contribution in [0, 0.1) is 0 Å². The van der Waals surface area contributed by atoms with Crippen molar-refractivity contribution >= 4 is 11.6 Å². The Bertz CT molecular complexity index is 995. The number of hydrogen-bond acceptors (Lipinski definition) is 4. The minimum absolute atomic E-state index is 0.0591. The number of nitrogens with zero attached hydrogens (tertiary/aromatic N) is 3. The smallest absolute Gasteiger partial charge is 0.337 e. The number of fused-ring (bicyclic) bond motifs is 1.